The van der Waals surface area contributed by atoms with Gasteiger partial charge in [-0.1, -0.05) is 0 Å². The predicted octanol–water partition coefficient (Wildman–Crippen LogP) is -0.00160. The Morgan fingerprint density at radius 2 is 1.80 bits per heavy atom. The van der Waals surface area contributed by atoms with Crippen molar-refractivity contribution in [2.75, 3.05) is 26.3 Å². The van der Waals surface area contributed by atoms with Crippen LogP contribution in [0.15, 0.2) is 0 Å². The highest BCUT2D eigenvalue weighted by molar-refractivity contribution is 14.2. The van der Waals surface area contributed by atoms with Gasteiger partial charge in [-0.25, -0.2) is 8.42 Å². The molecule has 0 saturated carbocycles. The van der Waals surface area contributed by atoms with Gasteiger partial charge in [0.05, 0.1) is 34.4 Å². The topological polar surface area (TPSA) is 46.6 Å². The van der Waals surface area contributed by atoms with Crippen LogP contribution in [0, 0.1) is 0 Å². The van der Waals surface area contributed by atoms with Crippen LogP contribution in [0.2, 0.25) is 0 Å². The standard InChI is InChI=1S/C4H8INO3S/c5-10(7,8)6-1-3-9-4-2-6/h1-4H2. The molecule has 6 heteroatoms. The number of morpholine rings is 1. The molecule has 0 N–H and O–H groups in total. The molecule has 0 aromatic rings. The average Bonchev–Trinajstić information content (AvgIpc) is 1.88. The van der Waals surface area contributed by atoms with Crippen LogP contribution in [0.25, 0.3) is 0 Å². The van der Waals surface area contributed by atoms with Gasteiger partial charge in [-0.3, -0.25) is 0 Å². The monoisotopic (exact) mass is 277 g/mol. The molecule has 0 bridgehead atoms. The van der Waals surface area contributed by atoms with Crippen molar-refractivity contribution in [1.82, 2.24) is 4.31 Å². The second-order valence-corrected chi connectivity index (χ2v) is 6.63. The lowest BCUT2D eigenvalue weighted by atomic mass is 10.5. The van der Waals surface area contributed by atoms with Gasteiger partial charge in [0.25, 0.3) is 7.19 Å². The van der Waals surface area contributed by atoms with Crippen LogP contribution >= 0.6 is 21.2 Å². The Morgan fingerprint density at radius 3 is 2.10 bits per heavy atom. The first-order valence-corrected chi connectivity index (χ1v) is 6.86. The van der Waals surface area contributed by atoms with Crippen LogP contribution in [0.4, 0.5) is 0 Å². The van der Waals surface area contributed by atoms with Crippen LogP contribution in [-0.4, -0.2) is 39.0 Å². The molecule has 1 aliphatic rings. The SMILES string of the molecule is O=S(=O)(I)N1CCOCC1. The summed E-state index contributed by atoms with van der Waals surface area (Å²) in [6.07, 6.45) is 0. The highest BCUT2D eigenvalue weighted by atomic mass is 127. The minimum atomic E-state index is -3.00. The lowest BCUT2D eigenvalue weighted by Gasteiger charge is -2.22. The van der Waals surface area contributed by atoms with Gasteiger partial charge in [0.2, 0.25) is 0 Å². The molecule has 1 heterocycles. The summed E-state index contributed by atoms with van der Waals surface area (Å²) in [5.41, 5.74) is 0. The summed E-state index contributed by atoms with van der Waals surface area (Å²) < 4.78 is 28.1. The third-order valence-electron chi connectivity index (χ3n) is 1.28. The van der Waals surface area contributed by atoms with E-state index in [1.807, 2.05) is 0 Å². The van der Waals surface area contributed by atoms with E-state index in [-0.39, 0.29) is 0 Å². The zero-order chi connectivity index (χ0) is 7.61. The third-order valence-corrected chi connectivity index (χ3v) is 3.93. The summed E-state index contributed by atoms with van der Waals surface area (Å²) in [6.45, 7) is 2.01. The van der Waals surface area contributed by atoms with Crippen molar-refractivity contribution in [3.8, 4) is 0 Å². The first-order valence-electron chi connectivity index (χ1n) is 2.88. The summed E-state index contributed by atoms with van der Waals surface area (Å²) in [4.78, 5) is 0. The van der Waals surface area contributed by atoms with Crippen LogP contribution < -0.4 is 0 Å². The first kappa shape index (κ1) is 8.69. The molecule has 1 fully saturated rings. The molecule has 10 heavy (non-hydrogen) atoms. The van der Waals surface area contributed by atoms with Gasteiger partial charge in [0, 0.05) is 13.1 Å². The number of ether oxygens (including phenoxy) is 1. The molecular formula is C4H8INO3S. The van der Waals surface area contributed by atoms with Gasteiger partial charge >= 0.3 is 0 Å². The van der Waals surface area contributed by atoms with Crippen LogP contribution in [0.3, 0.4) is 0 Å². The first-order chi connectivity index (χ1) is 4.61. The Bertz CT molecular complexity index is 197. The Hall–Kier alpha value is 0.600. The Kier molecular flexibility index (Phi) is 2.90. The number of rotatable bonds is 1. The second kappa shape index (κ2) is 3.33. The van der Waals surface area contributed by atoms with Gasteiger partial charge in [-0.15, -0.1) is 0 Å². The van der Waals surface area contributed by atoms with Gasteiger partial charge in [0.1, 0.15) is 0 Å². The molecular weight excluding hydrogens is 269 g/mol. The van der Waals surface area contributed by atoms with Crippen LogP contribution in [0.1, 0.15) is 0 Å². The van der Waals surface area contributed by atoms with E-state index in [1.54, 1.807) is 0 Å². The van der Waals surface area contributed by atoms with Crippen LogP contribution in [0.5, 0.6) is 0 Å². The van der Waals surface area contributed by atoms with Gasteiger partial charge < -0.3 is 4.74 Å². The van der Waals surface area contributed by atoms with Gasteiger partial charge in [-0.05, 0) is 0 Å². The summed E-state index contributed by atoms with van der Waals surface area (Å²) in [6, 6.07) is 0. The van der Waals surface area contributed by atoms with E-state index in [4.69, 9.17) is 4.74 Å². The lowest BCUT2D eigenvalue weighted by Crippen LogP contribution is -2.37. The maximum absolute atomic E-state index is 10.8. The Labute approximate surface area is 72.2 Å². The van der Waals surface area contributed by atoms with Crippen molar-refractivity contribution in [2.45, 2.75) is 0 Å². The normalized spacial score (nSPS) is 22.9. The summed E-state index contributed by atoms with van der Waals surface area (Å²) in [5.74, 6) is 0. The zero-order valence-corrected chi connectivity index (χ0v) is 8.26. The fourth-order valence-electron chi connectivity index (χ4n) is 0.765. The fraction of sp³-hybridized carbons (Fsp3) is 1.00. The molecule has 0 aliphatic carbocycles. The van der Waals surface area contributed by atoms with Crippen molar-refractivity contribution in [3.05, 3.63) is 0 Å². The third kappa shape index (κ3) is 2.33. The molecule has 4 nitrogen and oxygen atoms in total. The average molecular weight is 277 g/mol. The molecule has 60 valence electrons. The Balaban J connectivity index is 2.56. The number of nitrogens with zero attached hydrogens (tertiary/aromatic N) is 1. The molecule has 0 aromatic carbocycles. The summed E-state index contributed by atoms with van der Waals surface area (Å²) >= 11 is 1.44. The molecule has 1 aliphatic heterocycles. The lowest BCUT2D eigenvalue weighted by molar-refractivity contribution is 0.0743. The number of hydrogen-bond donors (Lipinski definition) is 0. The maximum Gasteiger partial charge on any atom is 0.267 e. The van der Waals surface area contributed by atoms with Crippen molar-refractivity contribution >= 4 is 28.4 Å². The quantitative estimate of drug-likeness (QED) is 0.500. The highest BCUT2D eigenvalue weighted by Gasteiger charge is 2.20. The van der Waals surface area contributed by atoms with E-state index in [0.29, 0.717) is 26.3 Å². The molecule has 0 atom stereocenters. The fourth-order valence-corrected chi connectivity index (χ4v) is 2.53. The van der Waals surface area contributed by atoms with Crippen LogP contribution in [-0.2, 0) is 11.9 Å². The molecule has 0 aromatic heterocycles. The van der Waals surface area contributed by atoms with Crippen molar-refractivity contribution in [3.63, 3.8) is 0 Å². The molecule has 1 rings (SSSR count). The Morgan fingerprint density at radius 1 is 1.30 bits per heavy atom. The smallest absolute Gasteiger partial charge is 0.267 e. The number of hydrogen-bond acceptors (Lipinski definition) is 3. The molecule has 0 radical (unpaired) electrons. The van der Waals surface area contributed by atoms with Crippen molar-refractivity contribution in [1.29, 1.82) is 0 Å². The molecule has 0 amide bonds. The molecule has 0 unspecified atom stereocenters. The van der Waals surface area contributed by atoms with E-state index in [2.05, 4.69) is 0 Å². The minimum Gasteiger partial charge on any atom is -0.379 e. The van der Waals surface area contributed by atoms with E-state index < -0.39 is 7.19 Å². The largest absolute Gasteiger partial charge is 0.379 e. The highest BCUT2D eigenvalue weighted by Crippen LogP contribution is 2.11. The second-order valence-electron chi connectivity index (χ2n) is 1.95. The van der Waals surface area contributed by atoms with E-state index >= 15 is 0 Å². The van der Waals surface area contributed by atoms with Gasteiger partial charge in [-0.2, -0.15) is 4.31 Å². The van der Waals surface area contributed by atoms with Crippen molar-refractivity contribution < 1.29 is 13.2 Å². The van der Waals surface area contributed by atoms with E-state index in [9.17, 15) is 8.42 Å². The van der Waals surface area contributed by atoms with E-state index in [1.165, 1.54) is 25.5 Å². The zero-order valence-electron chi connectivity index (χ0n) is 5.29. The van der Waals surface area contributed by atoms with Crippen molar-refractivity contribution in [2.24, 2.45) is 0 Å². The predicted molar refractivity (Wildman–Crippen MR) is 45.3 cm³/mol. The van der Waals surface area contributed by atoms with E-state index in [0.717, 1.165) is 0 Å². The van der Waals surface area contributed by atoms with Gasteiger partial charge in [0.15, 0.2) is 0 Å². The maximum atomic E-state index is 10.8. The minimum absolute atomic E-state index is 0.491. The summed E-state index contributed by atoms with van der Waals surface area (Å²) in [7, 11) is -3.00. The summed E-state index contributed by atoms with van der Waals surface area (Å²) in [5, 5.41) is 0. The number of halogens is 1. The molecule has 1 saturated heterocycles. The molecule has 0 spiro atoms.